The van der Waals surface area contributed by atoms with Crippen LogP contribution in [0.1, 0.15) is 18.1 Å². The van der Waals surface area contributed by atoms with Gasteiger partial charge in [0.05, 0.1) is 12.8 Å². The van der Waals surface area contributed by atoms with Gasteiger partial charge < -0.3 is 9.47 Å². The molecule has 2 aromatic carbocycles. The first kappa shape index (κ1) is 18.3. The third kappa shape index (κ3) is 4.80. The van der Waals surface area contributed by atoms with Crippen molar-refractivity contribution < 1.29 is 9.47 Å². The highest BCUT2D eigenvalue weighted by atomic mass is 79.9. The molecule has 1 aromatic heterocycles. The standard InChI is InChI=1S/C18H17BrN4O2S/c1-2-24-17-9-14(10-21-23-12-20-22-18(23)26)5-8-16(17)25-11-13-3-6-15(19)7-4-13/h3-10,12H,2,11H2,1H3,(H,22,26)/b21-10+. The topological polar surface area (TPSA) is 64.4 Å². The van der Waals surface area contributed by atoms with Gasteiger partial charge in [0.15, 0.2) is 11.5 Å². The second kappa shape index (κ2) is 8.77. The summed E-state index contributed by atoms with van der Waals surface area (Å²) in [5.41, 5.74) is 1.95. The first-order valence-corrected chi connectivity index (χ1v) is 9.16. The van der Waals surface area contributed by atoms with Gasteiger partial charge >= 0.3 is 0 Å². The summed E-state index contributed by atoms with van der Waals surface area (Å²) < 4.78 is 14.6. The summed E-state index contributed by atoms with van der Waals surface area (Å²) in [5.74, 6) is 1.36. The van der Waals surface area contributed by atoms with E-state index in [9.17, 15) is 0 Å². The van der Waals surface area contributed by atoms with Crippen LogP contribution in [0.5, 0.6) is 11.5 Å². The Labute approximate surface area is 164 Å². The summed E-state index contributed by atoms with van der Waals surface area (Å²) in [6, 6.07) is 13.7. The molecule has 3 aromatic rings. The van der Waals surface area contributed by atoms with E-state index in [4.69, 9.17) is 21.7 Å². The van der Waals surface area contributed by atoms with Gasteiger partial charge in [-0.3, -0.25) is 5.10 Å². The molecule has 3 rings (SSSR count). The fraction of sp³-hybridized carbons (Fsp3) is 0.167. The fourth-order valence-corrected chi connectivity index (χ4v) is 2.60. The van der Waals surface area contributed by atoms with Gasteiger partial charge in [-0.2, -0.15) is 14.9 Å². The molecule has 26 heavy (non-hydrogen) atoms. The minimum Gasteiger partial charge on any atom is -0.490 e. The molecule has 0 atom stereocenters. The fourth-order valence-electron chi connectivity index (χ4n) is 2.19. The largest absolute Gasteiger partial charge is 0.490 e. The molecule has 1 N–H and O–H groups in total. The highest BCUT2D eigenvalue weighted by Gasteiger charge is 2.07. The van der Waals surface area contributed by atoms with Gasteiger partial charge in [-0.25, -0.2) is 0 Å². The van der Waals surface area contributed by atoms with Crippen LogP contribution in [-0.4, -0.2) is 27.7 Å². The molecule has 1 heterocycles. The number of H-pyrrole nitrogens is 1. The maximum absolute atomic E-state index is 5.92. The van der Waals surface area contributed by atoms with E-state index in [0.717, 1.165) is 15.6 Å². The molecule has 0 saturated heterocycles. The van der Waals surface area contributed by atoms with Crippen molar-refractivity contribution in [2.45, 2.75) is 13.5 Å². The van der Waals surface area contributed by atoms with E-state index >= 15 is 0 Å². The van der Waals surface area contributed by atoms with Crippen LogP contribution < -0.4 is 9.47 Å². The molecular weight excluding hydrogens is 416 g/mol. The molecule has 134 valence electrons. The van der Waals surface area contributed by atoms with Crippen LogP contribution in [-0.2, 0) is 6.61 Å². The molecule has 0 unspecified atom stereocenters. The third-order valence-corrected chi connectivity index (χ3v) is 4.25. The average molecular weight is 433 g/mol. The molecular formula is C18H17BrN4O2S. The maximum atomic E-state index is 5.92. The number of ether oxygens (including phenoxy) is 2. The molecule has 0 aliphatic rings. The Morgan fingerprint density at radius 3 is 2.69 bits per heavy atom. The number of hydrogen-bond donors (Lipinski definition) is 1. The second-order valence-electron chi connectivity index (χ2n) is 5.30. The lowest BCUT2D eigenvalue weighted by Gasteiger charge is -2.12. The minimum absolute atomic E-state index is 0.431. The van der Waals surface area contributed by atoms with Crippen LogP contribution in [0.25, 0.3) is 0 Å². The molecule has 0 aliphatic heterocycles. The normalized spacial score (nSPS) is 11.0. The summed E-state index contributed by atoms with van der Waals surface area (Å²) >= 11 is 8.49. The molecule has 0 spiro atoms. The van der Waals surface area contributed by atoms with Gasteiger partial charge in [-0.1, -0.05) is 28.1 Å². The highest BCUT2D eigenvalue weighted by Crippen LogP contribution is 2.29. The van der Waals surface area contributed by atoms with Crippen LogP contribution >= 0.6 is 28.1 Å². The minimum atomic E-state index is 0.431. The van der Waals surface area contributed by atoms with Gasteiger partial charge in [0, 0.05) is 4.47 Å². The Balaban J connectivity index is 1.75. The molecule has 0 amide bonds. The van der Waals surface area contributed by atoms with Crippen LogP contribution in [0.4, 0.5) is 0 Å². The van der Waals surface area contributed by atoms with Gasteiger partial charge in [0.1, 0.15) is 12.9 Å². The number of aromatic nitrogens is 3. The van der Waals surface area contributed by atoms with Crippen LogP contribution in [0, 0.1) is 4.77 Å². The number of benzene rings is 2. The van der Waals surface area contributed by atoms with Crippen molar-refractivity contribution in [2.75, 3.05) is 6.61 Å². The Morgan fingerprint density at radius 1 is 1.19 bits per heavy atom. The van der Waals surface area contributed by atoms with Crippen molar-refractivity contribution in [3.63, 3.8) is 0 Å². The summed E-state index contributed by atoms with van der Waals surface area (Å²) in [7, 11) is 0. The summed E-state index contributed by atoms with van der Waals surface area (Å²) in [5, 5.41) is 10.7. The van der Waals surface area contributed by atoms with Crippen LogP contribution in [0.15, 0.2) is 58.4 Å². The van der Waals surface area contributed by atoms with Crippen LogP contribution in [0.3, 0.4) is 0 Å². The first-order chi connectivity index (χ1) is 12.7. The number of halogens is 1. The summed E-state index contributed by atoms with van der Waals surface area (Å²) in [6.07, 6.45) is 3.20. The van der Waals surface area contributed by atoms with Crippen molar-refractivity contribution in [1.29, 1.82) is 0 Å². The lowest BCUT2D eigenvalue weighted by molar-refractivity contribution is 0.269. The Kier molecular flexibility index (Phi) is 6.19. The zero-order chi connectivity index (χ0) is 18.4. The first-order valence-electron chi connectivity index (χ1n) is 7.96. The van der Waals surface area contributed by atoms with Crippen molar-refractivity contribution in [3.8, 4) is 11.5 Å². The lowest BCUT2D eigenvalue weighted by Crippen LogP contribution is -2.00. The van der Waals surface area contributed by atoms with Crippen molar-refractivity contribution in [1.82, 2.24) is 14.9 Å². The molecule has 0 saturated carbocycles. The van der Waals surface area contributed by atoms with Gasteiger partial charge in [0.2, 0.25) is 4.77 Å². The number of nitrogens with zero attached hydrogens (tertiary/aromatic N) is 3. The van der Waals surface area contributed by atoms with Crippen molar-refractivity contribution in [3.05, 3.63) is 69.2 Å². The Hall–Kier alpha value is -2.45. The number of aromatic amines is 1. The Morgan fingerprint density at radius 2 is 2.00 bits per heavy atom. The van der Waals surface area contributed by atoms with Crippen molar-refractivity contribution in [2.24, 2.45) is 5.10 Å². The van der Waals surface area contributed by atoms with Crippen molar-refractivity contribution >= 4 is 34.4 Å². The van der Waals surface area contributed by atoms with Gasteiger partial charge in [-0.15, -0.1) is 0 Å². The predicted octanol–water partition coefficient (Wildman–Crippen LogP) is 4.56. The highest BCUT2D eigenvalue weighted by molar-refractivity contribution is 9.10. The number of nitrogens with one attached hydrogen (secondary N) is 1. The maximum Gasteiger partial charge on any atom is 0.216 e. The van der Waals surface area contributed by atoms with E-state index in [1.54, 1.807) is 6.21 Å². The zero-order valence-electron chi connectivity index (χ0n) is 14.1. The second-order valence-corrected chi connectivity index (χ2v) is 6.61. The predicted molar refractivity (Wildman–Crippen MR) is 106 cm³/mol. The number of rotatable bonds is 7. The summed E-state index contributed by atoms with van der Waals surface area (Å²) in [4.78, 5) is 0. The average Bonchev–Trinajstić information content (AvgIpc) is 3.06. The van der Waals surface area contributed by atoms with E-state index in [2.05, 4.69) is 31.2 Å². The lowest BCUT2D eigenvalue weighted by atomic mass is 10.2. The molecule has 0 bridgehead atoms. The SMILES string of the molecule is CCOc1cc(/C=N/n2cn[nH]c2=S)ccc1OCc1ccc(Br)cc1. The smallest absolute Gasteiger partial charge is 0.216 e. The molecule has 6 nitrogen and oxygen atoms in total. The van der Waals surface area contributed by atoms with E-state index < -0.39 is 0 Å². The molecule has 0 aliphatic carbocycles. The molecule has 0 fully saturated rings. The zero-order valence-corrected chi connectivity index (χ0v) is 16.5. The van der Waals surface area contributed by atoms with Gasteiger partial charge in [0.25, 0.3) is 0 Å². The van der Waals surface area contributed by atoms with E-state index in [-0.39, 0.29) is 0 Å². The Bertz CT molecular complexity index is 950. The van der Waals surface area contributed by atoms with Crippen LogP contribution in [0.2, 0.25) is 0 Å². The molecule has 0 radical (unpaired) electrons. The van der Waals surface area contributed by atoms with E-state index in [0.29, 0.717) is 29.5 Å². The quantitative estimate of drug-likeness (QED) is 0.438. The third-order valence-electron chi connectivity index (χ3n) is 3.44. The molecule has 8 heteroatoms. The monoisotopic (exact) mass is 432 g/mol. The van der Waals surface area contributed by atoms with E-state index in [1.165, 1.54) is 11.0 Å². The number of hydrogen-bond acceptors (Lipinski definition) is 5. The van der Waals surface area contributed by atoms with E-state index in [1.807, 2.05) is 49.4 Å². The van der Waals surface area contributed by atoms with Gasteiger partial charge in [-0.05, 0) is 60.6 Å². The summed E-state index contributed by atoms with van der Waals surface area (Å²) in [6.45, 7) is 2.94.